The number of carbonyl (C=O) groups is 1. The minimum Gasteiger partial charge on any atom is -0.481 e. The van der Waals surface area contributed by atoms with E-state index < -0.39 is 5.97 Å². The van der Waals surface area contributed by atoms with Crippen LogP contribution >= 0.6 is 0 Å². The van der Waals surface area contributed by atoms with Crippen LogP contribution in [-0.4, -0.2) is 11.1 Å². The summed E-state index contributed by atoms with van der Waals surface area (Å²) >= 11 is 0. The minimum atomic E-state index is -0.777. The summed E-state index contributed by atoms with van der Waals surface area (Å²) < 4.78 is 0. The van der Waals surface area contributed by atoms with Crippen molar-refractivity contribution in [1.82, 2.24) is 0 Å². The molecule has 0 saturated heterocycles. The van der Waals surface area contributed by atoms with Gasteiger partial charge in [0.2, 0.25) is 0 Å². The molecule has 0 heterocycles. The van der Waals surface area contributed by atoms with E-state index in [0.717, 1.165) is 24.8 Å². The highest BCUT2D eigenvalue weighted by Crippen LogP contribution is 2.11. The number of hydrogen-bond donors (Lipinski definition) is 1. The zero-order valence-electron chi connectivity index (χ0n) is 11.6. The van der Waals surface area contributed by atoms with Crippen LogP contribution in [0.1, 0.15) is 29.5 Å². The molecule has 20 heavy (non-hydrogen) atoms. The lowest BCUT2D eigenvalue weighted by Crippen LogP contribution is -1.99. The van der Waals surface area contributed by atoms with Gasteiger partial charge in [-0.2, -0.15) is 0 Å². The molecule has 0 aliphatic heterocycles. The second-order valence-corrected chi connectivity index (χ2v) is 5.08. The molecule has 2 heteroatoms. The zero-order valence-corrected chi connectivity index (χ0v) is 11.6. The number of rotatable bonds is 7. The Balaban J connectivity index is 1.73. The third-order valence-electron chi connectivity index (χ3n) is 3.40. The smallest absolute Gasteiger partial charge is 0.307 e. The molecule has 0 fully saturated rings. The topological polar surface area (TPSA) is 37.3 Å². The van der Waals surface area contributed by atoms with E-state index in [1.165, 1.54) is 17.5 Å². The first-order valence-electron chi connectivity index (χ1n) is 7.07. The third-order valence-corrected chi connectivity index (χ3v) is 3.40. The molecule has 1 N–H and O–H groups in total. The highest BCUT2D eigenvalue weighted by molar-refractivity contribution is 5.70. The summed E-state index contributed by atoms with van der Waals surface area (Å²) in [6.45, 7) is 0. The quantitative estimate of drug-likeness (QED) is 0.774. The van der Waals surface area contributed by atoms with Crippen molar-refractivity contribution in [1.29, 1.82) is 0 Å². The molecule has 0 spiro atoms. The lowest BCUT2D eigenvalue weighted by molar-refractivity contribution is -0.136. The Bertz CT molecular complexity index is 529. The van der Waals surface area contributed by atoms with E-state index in [-0.39, 0.29) is 6.42 Å². The van der Waals surface area contributed by atoms with Crippen LogP contribution in [0.5, 0.6) is 0 Å². The van der Waals surface area contributed by atoms with E-state index in [1.54, 1.807) is 0 Å². The summed E-state index contributed by atoms with van der Waals surface area (Å²) in [5.41, 5.74) is 3.54. The van der Waals surface area contributed by atoms with Crippen LogP contribution in [0.2, 0.25) is 0 Å². The molecule has 0 unspecified atom stereocenters. The van der Waals surface area contributed by atoms with Crippen molar-refractivity contribution in [2.75, 3.05) is 0 Å². The summed E-state index contributed by atoms with van der Waals surface area (Å²) in [4.78, 5) is 10.6. The van der Waals surface area contributed by atoms with Crippen LogP contribution in [0.25, 0.3) is 0 Å². The van der Waals surface area contributed by atoms with Gasteiger partial charge in [0.15, 0.2) is 0 Å². The maximum absolute atomic E-state index is 10.6. The van der Waals surface area contributed by atoms with Crippen LogP contribution < -0.4 is 0 Å². The second kappa shape index (κ2) is 7.49. The molecule has 0 saturated carbocycles. The predicted molar refractivity (Wildman–Crippen MR) is 80.9 cm³/mol. The normalized spacial score (nSPS) is 10.4. The summed E-state index contributed by atoms with van der Waals surface area (Å²) in [5.74, 6) is -0.777. The van der Waals surface area contributed by atoms with Gasteiger partial charge in [0, 0.05) is 0 Å². The molecule has 0 atom stereocenters. The van der Waals surface area contributed by atoms with Gasteiger partial charge in [-0.15, -0.1) is 0 Å². The molecule has 2 aromatic carbocycles. The summed E-state index contributed by atoms with van der Waals surface area (Å²) in [6.07, 6.45) is 4.63. The van der Waals surface area contributed by atoms with E-state index in [9.17, 15) is 4.79 Å². The summed E-state index contributed by atoms with van der Waals surface area (Å²) in [5, 5.41) is 8.72. The van der Waals surface area contributed by atoms with Gasteiger partial charge in [-0.25, -0.2) is 0 Å². The van der Waals surface area contributed by atoms with Gasteiger partial charge in [0.25, 0.3) is 0 Å². The molecule has 0 aromatic heterocycles. The number of hydrogen-bond acceptors (Lipinski definition) is 1. The Morgan fingerprint density at radius 2 is 1.25 bits per heavy atom. The highest BCUT2D eigenvalue weighted by atomic mass is 16.4. The van der Waals surface area contributed by atoms with Crippen molar-refractivity contribution < 1.29 is 9.90 Å². The maximum atomic E-state index is 10.6. The molecular weight excluding hydrogens is 248 g/mol. The van der Waals surface area contributed by atoms with E-state index in [2.05, 4.69) is 24.3 Å². The van der Waals surface area contributed by atoms with Gasteiger partial charge in [-0.1, -0.05) is 54.6 Å². The lowest BCUT2D eigenvalue weighted by Gasteiger charge is -2.04. The monoisotopic (exact) mass is 268 g/mol. The fourth-order valence-electron chi connectivity index (χ4n) is 2.30. The molecule has 104 valence electrons. The molecule has 2 nitrogen and oxygen atoms in total. The van der Waals surface area contributed by atoms with Gasteiger partial charge in [0.05, 0.1) is 6.42 Å². The van der Waals surface area contributed by atoms with Crippen LogP contribution in [0, 0.1) is 0 Å². The van der Waals surface area contributed by atoms with Crippen molar-refractivity contribution >= 4 is 5.97 Å². The first kappa shape index (κ1) is 14.3. The molecule has 2 aromatic rings. The fraction of sp³-hybridized carbons (Fsp3) is 0.278. The fourth-order valence-corrected chi connectivity index (χ4v) is 2.30. The Morgan fingerprint density at radius 1 is 0.750 bits per heavy atom. The van der Waals surface area contributed by atoms with Crippen LogP contribution in [0.15, 0.2) is 54.6 Å². The molecule has 2 rings (SSSR count). The molecule has 0 amide bonds. The zero-order chi connectivity index (χ0) is 14.2. The number of unbranched alkanes of at least 4 members (excludes halogenated alkanes) is 1. The largest absolute Gasteiger partial charge is 0.481 e. The highest BCUT2D eigenvalue weighted by Gasteiger charge is 2.00. The Kier molecular flexibility index (Phi) is 5.36. The lowest BCUT2D eigenvalue weighted by atomic mass is 10.0. The average molecular weight is 268 g/mol. The molecule has 0 aliphatic carbocycles. The third kappa shape index (κ3) is 4.88. The van der Waals surface area contributed by atoms with Gasteiger partial charge >= 0.3 is 5.97 Å². The second-order valence-electron chi connectivity index (χ2n) is 5.08. The van der Waals surface area contributed by atoms with Crippen LogP contribution in [0.4, 0.5) is 0 Å². The minimum absolute atomic E-state index is 0.105. The van der Waals surface area contributed by atoms with Crippen LogP contribution in [0.3, 0.4) is 0 Å². The predicted octanol–water partition coefficient (Wildman–Crippen LogP) is 3.88. The number of carboxylic acids is 1. The number of aliphatic carboxylic acids is 1. The first-order chi connectivity index (χ1) is 9.74. The summed E-state index contributed by atoms with van der Waals surface area (Å²) in [7, 11) is 0. The first-order valence-corrected chi connectivity index (χ1v) is 7.07. The van der Waals surface area contributed by atoms with E-state index in [0.29, 0.717) is 0 Å². The standard InChI is InChI=1S/C18H20O2/c19-18(20)14-17-12-10-16(11-13-17)9-5-4-8-15-6-2-1-3-7-15/h1-3,6-7,10-13H,4-5,8-9,14H2,(H,19,20). The summed E-state index contributed by atoms with van der Waals surface area (Å²) in [6, 6.07) is 18.5. The van der Waals surface area contributed by atoms with Crippen LogP contribution in [-0.2, 0) is 24.1 Å². The van der Waals surface area contributed by atoms with Gasteiger partial charge in [0.1, 0.15) is 0 Å². The number of aryl methyl sites for hydroxylation is 2. The number of carboxylic acid groups (broad SMARTS) is 1. The van der Waals surface area contributed by atoms with Crippen molar-refractivity contribution in [3.63, 3.8) is 0 Å². The Hall–Kier alpha value is -2.09. The van der Waals surface area contributed by atoms with E-state index >= 15 is 0 Å². The maximum Gasteiger partial charge on any atom is 0.307 e. The van der Waals surface area contributed by atoms with Gasteiger partial charge in [-0.3, -0.25) is 4.79 Å². The van der Waals surface area contributed by atoms with Crippen molar-refractivity contribution in [3.05, 3.63) is 71.3 Å². The van der Waals surface area contributed by atoms with Gasteiger partial charge in [-0.05, 0) is 42.4 Å². The van der Waals surface area contributed by atoms with Gasteiger partial charge < -0.3 is 5.11 Å². The van der Waals surface area contributed by atoms with Crippen molar-refractivity contribution in [3.8, 4) is 0 Å². The SMILES string of the molecule is O=C(O)Cc1ccc(CCCCc2ccccc2)cc1. The Morgan fingerprint density at radius 3 is 1.80 bits per heavy atom. The number of benzene rings is 2. The molecule has 0 bridgehead atoms. The average Bonchev–Trinajstić information content (AvgIpc) is 2.46. The van der Waals surface area contributed by atoms with Crippen molar-refractivity contribution in [2.24, 2.45) is 0 Å². The Labute approximate surface area is 120 Å². The molecule has 0 aliphatic rings. The molecule has 0 radical (unpaired) electrons. The molecular formula is C18H20O2. The van der Waals surface area contributed by atoms with E-state index in [4.69, 9.17) is 5.11 Å². The van der Waals surface area contributed by atoms with Crippen molar-refractivity contribution in [2.45, 2.75) is 32.1 Å². The van der Waals surface area contributed by atoms with E-state index in [1.807, 2.05) is 30.3 Å².